The molecular weight excluding hydrogens is 703 g/mol. The molecule has 0 amide bonds. The molecule has 0 aliphatic rings. The van der Waals surface area contributed by atoms with Crippen LogP contribution < -0.4 is 4.90 Å². The van der Waals surface area contributed by atoms with E-state index in [-0.39, 0.29) is 5.41 Å². The minimum absolute atomic E-state index is 0.123. The third-order valence-corrected chi connectivity index (χ3v) is 11.4. The van der Waals surface area contributed by atoms with E-state index < -0.39 is 0 Å². The van der Waals surface area contributed by atoms with Gasteiger partial charge in [-0.25, -0.2) is 0 Å². The minimum Gasteiger partial charge on any atom is -0.456 e. The fourth-order valence-electron chi connectivity index (χ4n) is 8.59. The van der Waals surface area contributed by atoms with Crippen LogP contribution in [0.15, 0.2) is 211 Å². The molecule has 0 spiro atoms. The van der Waals surface area contributed by atoms with Crippen molar-refractivity contribution in [3.8, 4) is 44.7 Å². The van der Waals surface area contributed by atoms with E-state index >= 15 is 0 Å². The number of anilines is 3. The number of hydrogen-bond acceptors (Lipinski definition) is 2. The number of furan rings is 1. The monoisotopic (exact) mass is 745 g/mol. The normalized spacial score (nSPS) is 11.7. The quantitative estimate of drug-likeness (QED) is 0.151. The molecule has 0 N–H and O–H groups in total. The maximum Gasteiger partial charge on any atom is 0.139 e. The molecule has 0 radical (unpaired) electrons. The summed E-state index contributed by atoms with van der Waals surface area (Å²) >= 11 is 0. The highest BCUT2D eigenvalue weighted by atomic mass is 16.3. The molecule has 10 rings (SSSR count). The molecule has 0 aliphatic heterocycles. The van der Waals surface area contributed by atoms with Crippen molar-refractivity contribution in [2.45, 2.75) is 26.2 Å². The van der Waals surface area contributed by atoms with Gasteiger partial charge in [0.15, 0.2) is 0 Å². The summed E-state index contributed by atoms with van der Waals surface area (Å²) < 4.78 is 6.70. The van der Waals surface area contributed by atoms with Gasteiger partial charge in [0.05, 0.1) is 5.69 Å². The summed E-state index contributed by atoms with van der Waals surface area (Å²) in [5, 5.41) is 6.22. The Morgan fingerprint density at radius 2 is 0.966 bits per heavy atom. The zero-order chi connectivity index (χ0) is 39.2. The van der Waals surface area contributed by atoms with E-state index in [0.717, 1.165) is 50.5 Å². The summed E-state index contributed by atoms with van der Waals surface area (Å²) in [6, 6.07) is 74.4. The summed E-state index contributed by atoms with van der Waals surface area (Å²) in [6.45, 7) is 6.80. The zero-order valence-electron chi connectivity index (χ0n) is 33.0. The van der Waals surface area contributed by atoms with E-state index in [2.05, 4.69) is 226 Å². The molecular formula is C56H43NO. The first-order chi connectivity index (χ1) is 28.4. The second kappa shape index (κ2) is 14.4. The summed E-state index contributed by atoms with van der Waals surface area (Å²) in [5.41, 5.74) is 13.4. The van der Waals surface area contributed by atoms with Crippen LogP contribution in [0, 0.1) is 0 Å². The average molecular weight is 746 g/mol. The van der Waals surface area contributed by atoms with Crippen molar-refractivity contribution in [1.82, 2.24) is 0 Å². The van der Waals surface area contributed by atoms with Gasteiger partial charge in [-0.2, -0.15) is 0 Å². The Labute approximate surface area is 340 Å². The van der Waals surface area contributed by atoms with Gasteiger partial charge in [0.1, 0.15) is 11.3 Å². The van der Waals surface area contributed by atoms with Crippen LogP contribution in [-0.4, -0.2) is 0 Å². The van der Waals surface area contributed by atoms with Crippen LogP contribution >= 0.6 is 0 Å². The van der Waals surface area contributed by atoms with Gasteiger partial charge in [0, 0.05) is 33.5 Å². The van der Waals surface area contributed by atoms with Gasteiger partial charge < -0.3 is 9.32 Å². The second-order valence-corrected chi connectivity index (χ2v) is 16.2. The van der Waals surface area contributed by atoms with Gasteiger partial charge in [-0.05, 0) is 97.2 Å². The Bertz CT molecular complexity index is 3080. The topological polar surface area (TPSA) is 16.4 Å². The molecule has 0 atom stereocenters. The number of para-hydroxylation sites is 2. The largest absolute Gasteiger partial charge is 0.456 e. The highest BCUT2D eigenvalue weighted by Gasteiger charge is 2.27. The first kappa shape index (κ1) is 35.3. The molecule has 2 nitrogen and oxygen atoms in total. The van der Waals surface area contributed by atoms with Crippen molar-refractivity contribution < 1.29 is 4.42 Å². The molecule has 0 fully saturated rings. The first-order valence-electron chi connectivity index (χ1n) is 20.1. The lowest BCUT2D eigenvalue weighted by molar-refractivity contribution is 0.568. The maximum absolute atomic E-state index is 6.70. The highest BCUT2D eigenvalue weighted by Crippen LogP contribution is 2.45. The second-order valence-electron chi connectivity index (χ2n) is 16.2. The molecule has 58 heavy (non-hydrogen) atoms. The number of nitrogens with zero attached hydrogens (tertiary/aromatic N) is 1. The molecule has 1 aromatic heterocycles. The smallest absolute Gasteiger partial charge is 0.139 e. The molecule has 0 unspecified atom stereocenters. The van der Waals surface area contributed by atoms with Crippen LogP contribution in [0.5, 0.6) is 0 Å². The molecule has 0 saturated heterocycles. The van der Waals surface area contributed by atoms with E-state index in [1.165, 1.54) is 49.4 Å². The summed E-state index contributed by atoms with van der Waals surface area (Å²) in [5.74, 6) is 0.916. The van der Waals surface area contributed by atoms with Crippen molar-refractivity contribution in [3.63, 3.8) is 0 Å². The van der Waals surface area contributed by atoms with Gasteiger partial charge in [0.2, 0.25) is 0 Å². The molecule has 0 bridgehead atoms. The van der Waals surface area contributed by atoms with E-state index in [4.69, 9.17) is 4.42 Å². The maximum atomic E-state index is 6.70. The minimum atomic E-state index is -0.123. The predicted molar refractivity (Wildman–Crippen MR) is 246 cm³/mol. The average Bonchev–Trinajstić information content (AvgIpc) is 3.68. The van der Waals surface area contributed by atoms with Crippen LogP contribution in [0.3, 0.4) is 0 Å². The van der Waals surface area contributed by atoms with Crippen LogP contribution in [0.25, 0.3) is 77.2 Å². The third-order valence-electron chi connectivity index (χ3n) is 11.4. The standard InChI is InChI=1S/C56H43NO/c1-56(2,3)54-51-21-10-12-23-53(51)58-55(54)45-17-13-18-47(37-45)57(52-22-11-9-20-50(52)42-26-24-39(25-27-42)38-14-5-4-6-15-38)46-33-30-40(31-34-46)43-32-35-49-44(36-43)29-28-41-16-7-8-19-48(41)49/h4-37H,1-3H3. The van der Waals surface area contributed by atoms with Crippen LogP contribution in [0.1, 0.15) is 26.3 Å². The fourth-order valence-corrected chi connectivity index (χ4v) is 8.59. The summed E-state index contributed by atoms with van der Waals surface area (Å²) in [7, 11) is 0. The molecule has 0 saturated carbocycles. The molecule has 0 aliphatic carbocycles. The van der Waals surface area contributed by atoms with E-state index in [0.29, 0.717) is 0 Å². The fraction of sp³-hybridized carbons (Fsp3) is 0.0714. The van der Waals surface area contributed by atoms with Gasteiger partial charge in [-0.1, -0.05) is 185 Å². The highest BCUT2D eigenvalue weighted by molar-refractivity contribution is 6.08. The lowest BCUT2D eigenvalue weighted by Crippen LogP contribution is -2.12. The molecule has 9 aromatic carbocycles. The number of fused-ring (bicyclic) bond motifs is 4. The third kappa shape index (κ3) is 6.43. The van der Waals surface area contributed by atoms with Crippen LogP contribution in [-0.2, 0) is 5.41 Å². The summed E-state index contributed by atoms with van der Waals surface area (Å²) in [4.78, 5) is 2.39. The van der Waals surface area contributed by atoms with Crippen LogP contribution in [0.4, 0.5) is 17.1 Å². The van der Waals surface area contributed by atoms with E-state index in [9.17, 15) is 0 Å². The van der Waals surface area contributed by atoms with E-state index in [1.54, 1.807) is 0 Å². The van der Waals surface area contributed by atoms with Crippen molar-refractivity contribution in [2.24, 2.45) is 0 Å². The Kier molecular flexibility index (Phi) is 8.76. The first-order valence-corrected chi connectivity index (χ1v) is 20.1. The Morgan fingerprint density at radius 1 is 0.379 bits per heavy atom. The van der Waals surface area contributed by atoms with Crippen LogP contribution in [0.2, 0.25) is 0 Å². The lowest BCUT2D eigenvalue weighted by Gasteiger charge is -2.28. The van der Waals surface area contributed by atoms with Crippen molar-refractivity contribution >= 4 is 49.6 Å². The molecule has 278 valence electrons. The SMILES string of the molecule is CC(C)(C)c1c(-c2cccc(N(c3ccc(-c4ccc5c(ccc6ccccc65)c4)cc3)c3ccccc3-c3ccc(-c4ccccc4)cc3)c2)oc2ccccc12. The molecule has 1 heterocycles. The van der Waals surface area contributed by atoms with Gasteiger partial charge in [0.25, 0.3) is 0 Å². The Balaban J connectivity index is 1.10. The van der Waals surface area contributed by atoms with Gasteiger partial charge in [-0.3, -0.25) is 0 Å². The van der Waals surface area contributed by atoms with Gasteiger partial charge >= 0.3 is 0 Å². The zero-order valence-corrected chi connectivity index (χ0v) is 33.0. The van der Waals surface area contributed by atoms with E-state index in [1.807, 2.05) is 6.07 Å². The molecule has 10 aromatic rings. The number of rotatable bonds is 7. The lowest BCUT2D eigenvalue weighted by atomic mass is 9.83. The Hall–Kier alpha value is -7.16. The number of hydrogen-bond donors (Lipinski definition) is 0. The van der Waals surface area contributed by atoms with Crippen molar-refractivity contribution in [3.05, 3.63) is 212 Å². The Morgan fingerprint density at radius 3 is 1.78 bits per heavy atom. The summed E-state index contributed by atoms with van der Waals surface area (Å²) in [6.07, 6.45) is 0. The molecule has 2 heteroatoms. The van der Waals surface area contributed by atoms with Gasteiger partial charge in [-0.15, -0.1) is 0 Å². The predicted octanol–water partition coefficient (Wildman–Crippen LogP) is 16.2. The van der Waals surface area contributed by atoms with Crippen molar-refractivity contribution in [2.75, 3.05) is 4.90 Å². The number of benzene rings is 9. The van der Waals surface area contributed by atoms with Crippen molar-refractivity contribution in [1.29, 1.82) is 0 Å².